The van der Waals surface area contributed by atoms with Crippen LogP contribution in [0.25, 0.3) is 0 Å². The van der Waals surface area contributed by atoms with Crippen molar-refractivity contribution in [1.29, 1.82) is 0 Å². The third-order valence-corrected chi connectivity index (χ3v) is 0. The summed E-state index contributed by atoms with van der Waals surface area (Å²) in [6, 6.07) is 0. The van der Waals surface area contributed by atoms with Gasteiger partial charge in [-0.2, -0.15) is 0 Å². The summed E-state index contributed by atoms with van der Waals surface area (Å²) in [6.07, 6.45) is 0. The van der Waals surface area contributed by atoms with Gasteiger partial charge in [0.15, 0.2) is 0 Å². The van der Waals surface area contributed by atoms with Gasteiger partial charge in [0, 0.05) is 0 Å². The molecule has 0 spiro atoms. The summed E-state index contributed by atoms with van der Waals surface area (Å²) < 4.78 is 0. The van der Waals surface area contributed by atoms with Crippen LogP contribution in [-0.4, -0.2) is 5.14 Å². The largest absolute Gasteiger partial charge is 1.00 e. The van der Waals surface area contributed by atoms with E-state index in [1.807, 2.05) is 0 Å². The van der Waals surface area contributed by atoms with Gasteiger partial charge in [0.2, 0.25) is 0 Å². The summed E-state index contributed by atoms with van der Waals surface area (Å²) in [6.45, 7) is 0. The van der Waals surface area contributed by atoms with Crippen molar-refractivity contribution in [2.75, 3.05) is 0 Å². The topological polar surface area (TPSA) is 92.2 Å². The molecule has 0 saturated carbocycles. The summed E-state index contributed by atoms with van der Waals surface area (Å²) in [5.41, 5.74) is 0. The van der Waals surface area contributed by atoms with Gasteiger partial charge >= 0.3 is 88.7 Å². The van der Waals surface area contributed by atoms with Crippen molar-refractivity contribution in [1.82, 2.24) is 0 Å². The number of rotatable bonds is 0. The molecule has 0 aliphatic heterocycles. The minimum absolute atomic E-state index is 0. The zero-order valence-electron chi connectivity index (χ0n) is 5.08. The van der Waals surface area contributed by atoms with Crippen molar-refractivity contribution < 1.29 is 93.8 Å². The minimum Gasteiger partial charge on any atom is -0.629 e. The third-order valence-electron chi connectivity index (χ3n) is 0. The standard InChI is InChI=1S/NO4.3Na/c2-1(3,4)5;;;/q-3;3*+1. The van der Waals surface area contributed by atoms with Crippen molar-refractivity contribution in [2.24, 2.45) is 0 Å². The molecule has 0 bridgehead atoms. The first-order valence-corrected chi connectivity index (χ1v) is 0.730. The molecule has 0 aromatic carbocycles. The minimum atomic E-state index is -4.00. The molecular weight excluding hydrogens is 147 g/mol. The van der Waals surface area contributed by atoms with Crippen LogP contribution in [0.5, 0.6) is 0 Å². The van der Waals surface area contributed by atoms with Crippen molar-refractivity contribution >= 4 is 0 Å². The monoisotopic (exact) mass is 147 g/mol. The molecule has 5 nitrogen and oxygen atoms in total. The molecule has 0 fully saturated rings. The Morgan fingerprint density at radius 1 is 0.625 bits per heavy atom. The third kappa shape index (κ3) is 68.3. The molecule has 0 aromatic heterocycles. The Morgan fingerprint density at radius 2 is 0.625 bits per heavy atom. The average molecular weight is 147 g/mol. The van der Waals surface area contributed by atoms with E-state index in [0.717, 1.165) is 0 Å². The second-order valence-corrected chi connectivity index (χ2v) is 0.447. The van der Waals surface area contributed by atoms with Crippen molar-refractivity contribution in [3.05, 3.63) is 20.8 Å². The maximum absolute atomic E-state index is 8.38. The second kappa shape index (κ2) is 9.80. The van der Waals surface area contributed by atoms with E-state index in [1.165, 1.54) is 0 Å². The summed E-state index contributed by atoms with van der Waals surface area (Å²) in [4.78, 5) is 0. The first kappa shape index (κ1) is 22.4. The Hall–Kier alpha value is 2.80. The second-order valence-electron chi connectivity index (χ2n) is 0.447. The first-order valence-electron chi connectivity index (χ1n) is 0.730. The van der Waals surface area contributed by atoms with E-state index >= 15 is 0 Å². The molecule has 0 amide bonds. The van der Waals surface area contributed by atoms with Crippen LogP contribution in [0.1, 0.15) is 0 Å². The zero-order chi connectivity index (χ0) is 4.50. The molecule has 0 saturated heterocycles. The first-order chi connectivity index (χ1) is 2.00. The van der Waals surface area contributed by atoms with Crippen LogP contribution >= 0.6 is 0 Å². The molecule has 8 heteroatoms. The molecule has 0 heterocycles. The maximum atomic E-state index is 8.38. The van der Waals surface area contributed by atoms with Gasteiger partial charge in [0.25, 0.3) is 0 Å². The van der Waals surface area contributed by atoms with E-state index in [-0.39, 0.29) is 88.7 Å². The smallest absolute Gasteiger partial charge is 0.629 e. The SMILES string of the molecule is [Na+].[Na+].[Na+].[O-][N+]([O-])([O-])[O-]. The molecule has 8 heavy (non-hydrogen) atoms. The number of hydrogen-bond donors (Lipinski definition) is 0. The van der Waals surface area contributed by atoms with Crippen LogP contribution in [0.4, 0.5) is 0 Å². The number of quaternary nitrogens is 1. The zero-order valence-corrected chi connectivity index (χ0v) is 11.1. The maximum Gasteiger partial charge on any atom is 1.00 e. The van der Waals surface area contributed by atoms with E-state index in [9.17, 15) is 0 Å². The average Bonchev–Trinajstić information content (AvgIpc) is 0.722. The fraction of sp³-hybridized carbons (Fsp3) is 0. The Bertz CT molecular complexity index is 26.8. The normalized spacial score (nSPS) is 7.50. The van der Waals surface area contributed by atoms with Gasteiger partial charge in [-0.1, -0.05) is 0 Å². The summed E-state index contributed by atoms with van der Waals surface area (Å²) in [5, 5.41) is 29.5. The fourth-order valence-electron chi connectivity index (χ4n) is 0. The van der Waals surface area contributed by atoms with Crippen molar-refractivity contribution in [3.63, 3.8) is 0 Å². The van der Waals surface area contributed by atoms with E-state index in [4.69, 9.17) is 20.8 Å². The molecule has 0 aliphatic rings. The number of hydrogen-bond acceptors (Lipinski definition) is 4. The molecule has 0 atom stereocenters. The van der Waals surface area contributed by atoms with Crippen LogP contribution in [0.3, 0.4) is 0 Å². The Kier molecular flexibility index (Phi) is 27.5. The molecule has 0 unspecified atom stereocenters. The molecule has 32 valence electrons. The molecule has 0 rings (SSSR count). The molecule has 0 radical (unpaired) electrons. The molecule has 0 aromatic rings. The Labute approximate surface area is 113 Å². The van der Waals surface area contributed by atoms with Crippen molar-refractivity contribution in [2.45, 2.75) is 0 Å². The Balaban J connectivity index is -0.0000000267. The predicted octanol–water partition coefficient (Wildman–Crippen LogP) is -9.19. The van der Waals surface area contributed by atoms with Gasteiger partial charge in [0.05, 0.1) is 0 Å². The molecule has 0 N–H and O–H groups in total. The van der Waals surface area contributed by atoms with Crippen LogP contribution < -0.4 is 88.7 Å². The van der Waals surface area contributed by atoms with Gasteiger partial charge in [-0.3, -0.25) is 0 Å². The van der Waals surface area contributed by atoms with E-state index in [2.05, 4.69) is 0 Å². The van der Waals surface area contributed by atoms with E-state index < -0.39 is 5.14 Å². The van der Waals surface area contributed by atoms with Crippen LogP contribution in [0.15, 0.2) is 0 Å². The van der Waals surface area contributed by atoms with E-state index in [1.54, 1.807) is 0 Å². The molecular formula is NNa3O4. The van der Waals surface area contributed by atoms with Gasteiger partial charge in [-0.15, -0.1) is 0 Å². The summed E-state index contributed by atoms with van der Waals surface area (Å²) in [7, 11) is 0. The summed E-state index contributed by atoms with van der Waals surface area (Å²) in [5.74, 6) is 0. The van der Waals surface area contributed by atoms with E-state index in [0.29, 0.717) is 0 Å². The fourth-order valence-corrected chi connectivity index (χ4v) is 0. The summed E-state index contributed by atoms with van der Waals surface area (Å²) >= 11 is 0. The van der Waals surface area contributed by atoms with Crippen LogP contribution in [0.2, 0.25) is 0 Å². The number of nitrogens with zero attached hydrogens (tertiary/aromatic N) is 1. The Morgan fingerprint density at radius 3 is 0.625 bits per heavy atom. The van der Waals surface area contributed by atoms with Crippen LogP contribution in [-0.2, 0) is 0 Å². The van der Waals surface area contributed by atoms with Crippen LogP contribution in [0, 0.1) is 20.8 Å². The van der Waals surface area contributed by atoms with Gasteiger partial charge in [-0.25, -0.2) is 0 Å². The quantitative estimate of drug-likeness (QED) is 0.193. The predicted molar refractivity (Wildman–Crippen MR) is 13.7 cm³/mol. The molecule has 0 aliphatic carbocycles. The van der Waals surface area contributed by atoms with Crippen molar-refractivity contribution in [3.8, 4) is 0 Å². The van der Waals surface area contributed by atoms with Gasteiger partial charge in [-0.05, 0) is 0 Å². The van der Waals surface area contributed by atoms with Gasteiger partial charge < -0.3 is 26.0 Å². The van der Waals surface area contributed by atoms with Gasteiger partial charge in [0.1, 0.15) is 0 Å².